The molecule has 0 heterocycles. The lowest BCUT2D eigenvalue weighted by Gasteiger charge is -2.24. The molecule has 0 aromatic rings. The van der Waals surface area contributed by atoms with Crippen LogP contribution < -0.4 is 0 Å². The topological polar surface area (TPSA) is 91.3 Å². The zero-order valence-electron chi connectivity index (χ0n) is 39.0. The van der Waals surface area contributed by atoms with Crippen molar-refractivity contribution in [3.05, 3.63) is 60.8 Å². The maximum Gasteiger partial charge on any atom is 0.472 e. The summed E-state index contributed by atoms with van der Waals surface area (Å²) in [5, 5.41) is 0. The number of esters is 1. The second kappa shape index (κ2) is 42.9. The van der Waals surface area contributed by atoms with Crippen molar-refractivity contribution >= 4 is 13.8 Å². The van der Waals surface area contributed by atoms with Crippen LogP contribution in [0.1, 0.15) is 194 Å². The number of rotatable bonds is 44. The lowest BCUT2D eigenvalue weighted by molar-refractivity contribution is -0.870. The molecule has 0 amide bonds. The van der Waals surface area contributed by atoms with Crippen molar-refractivity contribution in [3.8, 4) is 0 Å². The largest absolute Gasteiger partial charge is 0.472 e. The molecule has 0 bridgehead atoms. The van der Waals surface area contributed by atoms with Crippen LogP contribution in [0.2, 0.25) is 0 Å². The first-order valence-corrected chi connectivity index (χ1v) is 25.5. The van der Waals surface area contributed by atoms with E-state index in [1.54, 1.807) is 0 Å². The zero-order valence-corrected chi connectivity index (χ0v) is 39.9. The number of allylic oxidation sites excluding steroid dienone is 10. The van der Waals surface area contributed by atoms with Crippen molar-refractivity contribution in [2.45, 2.75) is 200 Å². The minimum atomic E-state index is -4.29. The first kappa shape index (κ1) is 57.2. The van der Waals surface area contributed by atoms with Gasteiger partial charge in [0.05, 0.1) is 34.4 Å². The van der Waals surface area contributed by atoms with Crippen LogP contribution in [0.3, 0.4) is 0 Å². The summed E-state index contributed by atoms with van der Waals surface area (Å²) >= 11 is 0. The summed E-state index contributed by atoms with van der Waals surface area (Å²) in [6, 6.07) is 0. The molecule has 0 aliphatic heterocycles. The van der Waals surface area contributed by atoms with E-state index in [2.05, 4.69) is 74.6 Å². The second-order valence-electron chi connectivity index (χ2n) is 17.1. The van der Waals surface area contributed by atoms with Gasteiger partial charge in [0.2, 0.25) is 0 Å². The molecule has 0 aliphatic carbocycles. The average molecular weight is 851 g/mol. The Morgan fingerprint density at radius 2 is 0.983 bits per heavy atom. The number of unbranched alkanes of at least 4 members (excludes halogenated alkanes) is 20. The third-order valence-electron chi connectivity index (χ3n) is 10.1. The van der Waals surface area contributed by atoms with Crippen LogP contribution in [0.15, 0.2) is 60.8 Å². The molecule has 9 heteroatoms. The Labute approximate surface area is 364 Å². The van der Waals surface area contributed by atoms with Crippen molar-refractivity contribution in [3.63, 3.8) is 0 Å². The SMILES string of the molecule is CC/C=C\C/C=C\C/C=C\C/C=C\CCCCCCCOCC(COP(=O)(O)OCC[N+](C)(C)C)OC(=O)CCCCCCCCCCC/C=C\CCCCCCCC. The molecule has 2 unspecified atom stereocenters. The van der Waals surface area contributed by atoms with Gasteiger partial charge < -0.3 is 18.9 Å². The van der Waals surface area contributed by atoms with Crippen molar-refractivity contribution in [1.29, 1.82) is 0 Å². The molecule has 8 nitrogen and oxygen atoms in total. The standard InChI is InChI=1S/C50H92NO7P/c1-6-8-10-12-14-16-18-20-22-24-26-27-29-31-33-35-37-39-41-43-50(52)58-49(48-57-59(53,54)56-46-44-51(3,4)5)47-55-45-42-40-38-36-34-32-30-28-25-23-21-19-17-15-13-11-9-7-2/h9,11,15,17,20-23,28,30,49H,6-8,10,12-14,16,18-19,24-27,29,31-48H2,1-5H3/p+1/b11-9-,17-15-,22-20-,23-21-,30-28-. The molecule has 0 radical (unpaired) electrons. The monoisotopic (exact) mass is 851 g/mol. The first-order chi connectivity index (χ1) is 28.6. The van der Waals surface area contributed by atoms with Gasteiger partial charge >= 0.3 is 13.8 Å². The lowest BCUT2D eigenvalue weighted by atomic mass is 10.1. The van der Waals surface area contributed by atoms with Gasteiger partial charge in [0.15, 0.2) is 0 Å². The van der Waals surface area contributed by atoms with Gasteiger partial charge in [-0.2, -0.15) is 0 Å². The van der Waals surface area contributed by atoms with Gasteiger partial charge in [-0.05, 0) is 77.0 Å². The minimum Gasteiger partial charge on any atom is -0.457 e. The third-order valence-corrected chi connectivity index (χ3v) is 11.0. The van der Waals surface area contributed by atoms with Gasteiger partial charge in [-0.15, -0.1) is 0 Å². The quantitative estimate of drug-likeness (QED) is 0.0215. The second-order valence-corrected chi connectivity index (χ2v) is 18.6. The predicted molar refractivity (Wildman–Crippen MR) is 252 cm³/mol. The lowest BCUT2D eigenvalue weighted by Crippen LogP contribution is -2.37. The molecule has 0 aromatic heterocycles. The van der Waals surface area contributed by atoms with Gasteiger partial charge in [0.1, 0.15) is 19.3 Å². The van der Waals surface area contributed by atoms with Crippen LogP contribution in [0.5, 0.6) is 0 Å². The normalized spacial score (nSPS) is 14.2. The first-order valence-electron chi connectivity index (χ1n) is 24.0. The number of phosphoric acid groups is 1. The third kappa shape index (κ3) is 47.1. The zero-order chi connectivity index (χ0) is 43.4. The number of carbonyl (C=O) groups excluding carboxylic acids is 1. The maximum atomic E-state index is 12.7. The summed E-state index contributed by atoms with van der Waals surface area (Å²) in [5.41, 5.74) is 0. The molecule has 1 N–H and O–H groups in total. The van der Waals surface area contributed by atoms with Crippen LogP contribution in [-0.4, -0.2) is 75.6 Å². The number of carbonyl (C=O) groups is 1. The van der Waals surface area contributed by atoms with E-state index in [0.29, 0.717) is 24.1 Å². The number of phosphoric ester groups is 1. The van der Waals surface area contributed by atoms with Crippen LogP contribution >= 0.6 is 7.82 Å². The van der Waals surface area contributed by atoms with Crippen molar-refractivity contribution < 1.29 is 37.3 Å². The van der Waals surface area contributed by atoms with E-state index in [-0.39, 0.29) is 25.8 Å². The van der Waals surface area contributed by atoms with Crippen molar-refractivity contribution in [2.75, 3.05) is 54.1 Å². The number of hydrogen-bond acceptors (Lipinski definition) is 6. The van der Waals surface area contributed by atoms with Gasteiger partial charge in [0, 0.05) is 13.0 Å². The van der Waals surface area contributed by atoms with Crippen LogP contribution in [-0.2, 0) is 27.9 Å². The Balaban J connectivity index is 4.23. The van der Waals surface area contributed by atoms with Gasteiger partial charge in [-0.1, -0.05) is 171 Å². The molecule has 0 saturated carbocycles. The molecule has 0 rings (SSSR count). The van der Waals surface area contributed by atoms with Crippen molar-refractivity contribution in [2.24, 2.45) is 0 Å². The predicted octanol–water partition coefficient (Wildman–Crippen LogP) is 14.5. The molecule has 0 spiro atoms. The van der Waals surface area contributed by atoms with Crippen LogP contribution in [0, 0.1) is 0 Å². The molecule has 0 aromatic carbocycles. The van der Waals surface area contributed by atoms with E-state index in [9.17, 15) is 14.3 Å². The molecule has 59 heavy (non-hydrogen) atoms. The van der Waals surface area contributed by atoms with Gasteiger partial charge in [-0.25, -0.2) is 4.57 Å². The maximum absolute atomic E-state index is 12.7. The van der Waals surface area contributed by atoms with Crippen LogP contribution in [0.4, 0.5) is 0 Å². The molecule has 0 aliphatic rings. The smallest absolute Gasteiger partial charge is 0.457 e. The number of likely N-dealkylation sites (N-methyl/N-ethyl adjacent to an activating group) is 1. The van der Waals surface area contributed by atoms with E-state index in [0.717, 1.165) is 70.6 Å². The van der Waals surface area contributed by atoms with Gasteiger partial charge in [0.25, 0.3) is 0 Å². The molecule has 0 saturated heterocycles. The molecule has 0 fully saturated rings. The summed E-state index contributed by atoms with van der Waals surface area (Å²) in [4.78, 5) is 23.0. The summed E-state index contributed by atoms with van der Waals surface area (Å²) in [6.45, 7) is 5.46. The molecule has 2 atom stereocenters. The van der Waals surface area contributed by atoms with E-state index in [1.165, 1.54) is 103 Å². The van der Waals surface area contributed by atoms with E-state index >= 15 is 0 Å². The summed E-state index contributed by atoms with van der Waals surface area (Å²) in [5.74, 6) is -0.324. The highest BCUT2D eigenvalue weighted by Crippen LogP contribution is 2.43. The molecule has 344 valence electrons. The Morgan fingerprint density at radius 1 is 0.542 bits per heavy atom. The average Bonchev–Trinajstić information content (AvgIpc) is 3.19. The minimum absolute atomic E-state index is 0.0820. The van der Waals surface area contributed by atoms with E-state index in [4.69, 9.17) is 18.5 Å². The number of quaternary nitrogens is 1. The fourth-order valence-corrected chi connectivity index (χ4v) is 7.10. The summed E-state index contributed by atoms with van der Waals surface area (Å²) in [7, 11) is 1.65. The Kier molecular flexibility index (Phi) is 41.6. The Hall–Kier alpha value is -1.80. The molecular weight excluding hydrogens is 758 g/mol. The fourth-order valence-electron chi connectivity index (χ4n) is 6.36. The van der Waals surface area contributed by atoms with E-state index in [1.807, 2.05) is 21.1 Å². The van der Waals surface area contributed by atoms with Crippen molar-refractivity contribution in [1.82, 2.24) is 0 Å². The van der Waals surface area contributed by atoms with E-state index < -0.39 is 13.9 Å². The fraction of sp³-hybridized carbons (Fsp3) is 0.780. The Morgan fingerprint density at radius 3 is 1.49 bits per heavy atom. The number of ether oxygens (including phenoxy) is 2. The molecular formula is C50H93NO7P+. The highest BCUT2D eigenvalue weighted by Gasteiger charge is 2.26. The number of hydrogen-bond donors (Lipinski definition) is 1. The highest BCUT2D eigenvalue weighted by molar-refractivity contribution is 7.47. The number of nitrogens with zero attached hydrogens (tertiary/aromatic N) is 1. The highest BCUT2D eigenvalue weighted by atomic mass is 31.2. The Bertz CT molecular complexity index is 1130. The van der Waals surface area contributed by atoms with Gasteiger partial charge in [-0.3, -0.25) is 13.8 Å². The van der Waals surface area contributed by atoms with Crippen LogP contribution in [0.25, 0.3) is 0 Å². The summed E-state index contributed by atoms with van der Waals surface area (Å²) in [6.07, 6.45) is 54.0. The summed E-state index contributed by atoms with van der Waals surface area (Å²) < 4.78 is 35.1.